The van der Waals surface area contributed by atoms with Crippen molar-refractivity contribution in [1.82, 2.24) is 15.2 Å². The Balaban J connectivity index is 1.38. The van der Waals surface area contributed by atoms with Crippen LogP contribution >= 0.6 is 23.4 Å². The van der Waals surface area contributed by atoms with Crippen LogP contribution in [0, 0.1) is 0 Å². The number of carbonyl (C=O) groups excluding carboxylic acids is 1. The van der Waals surface area contributed by atoms with Crippen LogP contribution in [-0.4, -0.2) is 54.8 Å². The lowest BCUT2D eigenvalue weighted by molar-refractivity contribution is -0.118. The van der Waals surface area contributed by atoms with E-state index in [0.717, 1.165) is 53.9 Å². The average molecular weight is 405 g/mol. The number of hydrogen-bond acceptors (Lipinski definition) is 5. The maximum absolute atomic E-state index is 12.0. The predicted molar refractivity (Wildman–Crippen MR) is 113 cm³/mol. The first-order valence-corrected chi connectivity index (χ1v) is 10.6. The number of nitrogens with one attached hydrogen (secondary N) is 1. The Morgan fingerprint density at radius 3 is 2.70 bits per heavy atom. The largest absolute Gasteiger partial charge is 0.354 e. The summed E-state index contributed by atoms with van der Waals surface area (Å²) in [5, 5.41) is 3.68. The molecule has 1 fully saturated rings. The molecule has 0 bridgehead atoms. The zero-order valence-electron chi connectivity index (χ0n) is 15.5. The molecule has 27 heavy (non-hydrogen) atoms. The Bertz CT molecular complexity index is 748. The SMILES string of the molecule is CN1CCN(c2ccc(CNC(=O)CSCc3cccc(Cl)c3)cn2)CC1. The number of anilines is 1. The molecule has 0 atom stereocenters. The fraction of sp³-hybridized carbons (Fsp3) is 0.400. The molecule has 0 unspecified atom stereocenters. The molecule has 1 aromatic heterocycles. The Kier molecular flexibility index (Phi) is 7.38. The number of pyridine rings is 1. The monoisotopic (exact) mass is 404 g/mol. The molecule has 0 saturated carbocycles. The molecule has 3 rings (SSSR count). The van der Waals surface area contributed by atoms with E-state index in [2.05, 4.69) is 27.1 Å². The van der Waals surface area contributed by atoms with Crippen molar-refractivity contribution in [1.29, 1.82) is 0 Å². The van der Waals surface area contributed by atoms with Gasteiger partial charge in [0, 0.05) is 49.7 Å². The Morgan fingerprint density at radius 2 is 2.00 bits per heavy atom. The van der Waals surface area contributed by atoms with E-state index in [-0.39, 0.29) is 5.91 Å². The highest BCUT2D eigenvalue weighted by atomic mass is 35.5. The summed E-state index contributed by atoms with van der Waals surface area (Å²) in [6.45, 7) is 4.64. The number of likely N-dealkylation sites (N-methyl/N-ethyl adjacent to an activating group) is 1. The second kappa shape index (κ2) is 9.97. The molecule has 2 heterocycles. The summed E-state index contributed by atoms with van der Waals surface area (Å²) in [4.78, 5) is 21.2. The number of nitrogens with zero attached hydrogens (tertiary/aromatic N) is 3. The second-order valence-corrected chi connectivity index (χ2v) is 8.14. The minimum absolute atomic E-state index is 0.0326. The number of thioether (sulfide) groups is 1. The Morgan fingerprint density at radius 1 is 1.19 bits per heavy atom. The summed E-state index contributed by atoms with van der Waals surface area (Å²) < 4.78 is 0. The third-order valence-electron chi connectivity index (χ3n) is 4.52. The van der Waals surface area contributed by atoms with Gasteiger partial charge in [0.05, 0.1) is 5.75 Å². The summed E-state index contributed by atoms with van der Waals surface area (Å²) in [7, 11) is 2.14. The molecule has 0 spiro atoms. The first-order chi connectivity index (χ1) is 13.1. The summed E-state index contributed by atoms with van der Waals surface area (Å²) in [6.07, 6.45) is 1.85. The van der Waals surface area contributed by atoms with Crippen LogP contribution in [-0.2, 0) is 17.1 Å². The fourth-order valence-electron chi connectivity index (χ4n) is 2.88. The highest BCUT2D eigenvalue weighted by Crippen LogP contribution is 2.17. The molecule has 1 aliphatic heterocycles. The van der Waals surface area contributed by atoms with Crippen molar-refractivity contribution in [3.63, 3.8) is 0 Å². The zero-order valence-corrected chi connectivity index (χ0v) is 17.1. The van der Waals surface area contributed by atoms with Crippen molar-refractivity contribution >= 4 is 35.1 Å². The normalized spacial score (nSPS) is 15.0. The first-order valence-electron chi connectivity index (χ1n) is 9.07. The number of amides is 1. The molecular formula is C20H25ClN4OS. The minimum atomic E-state index is 0.0326. The first kappa shape index (κ1) is 20.0. The topological polar surface area (TPSA) is 48.5 Å². The van der Waals surface area contributed by atoms with Gasteiger partial charge in [-0.25, -0.2) is 4.98 Å². The van der Waals surface area contributed by atoms with Crippen molar-refractivity contribution in [2.45, 2.75) is 12.3 Å². The van der Waals surface area contributed by atoms with E-state index >= 15 is 0 Å². The van der Waals surface area contributed by atoms with E-state index in [1.54, 1.807) is 11.8 Å². The Labute approximate surface area is 170 Å². The predicted octanol–water partition coefficient (Wildman–Crippen LogP) is 3.04. The van der Waals surface area contributed by atoms with Gasteiger partial charge in [-0.15, -0.1) is 11.8 Å². The molecule has 1 amide bonds. The summed E-state index contributed by atoms with van der Waals surface area (Å²) in [6, 6.07) is 11.8. The highest BCUT2D eigenvalue weighted by molar-refractivity contribution is 7.99. The van der Waals surface area contributed by atoms with E-state index in [9.17, 15) is 4.79 Å². The second-order valence-electron chi connectivity index (χ2n) is 6.71. The van der Waals surface area contributed by atoms with Gasteiger partial charge in [0.25, 0.3) is 0 Å². The molecule has 0 aliphatic carbocycles. The fourth-order valence-corrected chi connectivity index (χ4v) is 3.90. The van der Waals surface area contributed by atoms with Crippen molar-refractivity contribution in [3.8, 4) is 0 Å². The molecule has 0 radical (unpaired) electrons. The molecular weight excluding hydrogens is 380 g/mol. The molecule has 2 aromatic rings. The van der Waals surface area contributed by atoms with Crippen LogP contribution in [0.25, 0.3) is 0 Å². The lowest BCUT2D eigenvalue weighted by Gasteiger charge is -2.33. The maximum atomic E-state index is 12.0. The number of rotatable bonds is 7. The van der Waals surface area contributed by atoms with Crippen molar-refractivity contribution < 1.29 is 4.79 Å². The van der Waals surface area contributed by atoms with Gasteiger partial charge in [0.2, 0.25) is 5.91 Å². The maximum Gasteiger partial charge on any atom is 0.230 e. The van der Waals surface area contributed by atoms with Gasteiger partial charge in [-0.2, -0.15) is 0 Å². The van der Waals surface area contributed by atoms with Crippen LogP contribution in [0.3, 0.4) is 0 Å². The molecule has 1 saturated heterocycles. The molecule has 144 valence electrons. The summed E-state index contributed by atoms with van der Waals surface area (Å²) in [5.41, 5.74) is 2.14. The molecule has 1 aromatic carbocycles. The lowest BCUT2D eigenvalue weighted by atomic mass is 10.2. The number of halogens is 1. The van der Waals surface area contributed by atoms with Crippen LogP contribution in [0.5, 0.6) is 0 Å². The molecule has 1 N–H and O–H groups in total. The van der Waals surface area contributed by atoms with Crippen LogP contribution in [0.4, 0.5) is 5.82 Å². The van der Waals surface area contributed by atoms with Crippen LogP contribution in [0.15, 0.2) is 42.6 Å². The smallest absolute Gasteiger partial charge is 0.230 e. The summed E-state index contributed by atoms with van der Waals surface area (Å²) >= 11 is 7.55. The van der Waals surface area contributed by atoms with Gasteiger partial charge < -0.3 is 15.1 Å². The Hall–Kier alpha value is -1.76. The van der Waals surface area contributed by atoms with E-state index in [1.807, 2.05) is 42.6 Å². The third kappa shape index (κ3) is 6.41. The quantitative estimate of drug-likeness (QED) is 0.768. The van der Waals surface area contributed by atoms with Crippen LogP contribution < -0.4 is 10.2 Å². The number of hydrogen-bond donors (Lipinski definition) is 1. The lowest BCUT2D eigenvalue weighted by Crippen LogP contribution is -2.44. The van der Waals surface area contributed by atoms with Gasteiger partial charge in [-0.05, 0) is 36.4 Å². The van der Waals surface area contributed by atoms with Gasteiger partial charge in [-0.1, -0.05) is 29.8 Å². The van der Waals surface area contributed by atoms with Crippen LogP contribution in [0.1, 0.15) is 11.1 Å². The van der Waals surface area contributed by atoms with E-state index in [1.165, 1.54) is 0 Å². The van der Waals surface area contributed by atoms with E-state index in [4.69, 9.17) is 11.6 Å². The number of carbonyl (C=O) groups is 1. The zero-order chi connectivity index (χ0) is 19.1. The van der Waals surface area contributed by atoms with Crippen molar-refractivity contribution in [2.24, 2.45) is 0 Å². The third-order valence-corrected chi connectivity index (χ3v) is 5.76. The number of piperazine rings is 1. The minimum Gasteiger partial charge on any atom is -0.354 e. The van der Waals surface area contributed by atoms with E-state index in [0.29, 0.717) is 12.3 Å². The van der Waals surface area contributed by atoms with Crippen LogP contribution in [0.2, 0.25) is 5.02 Å². The molecule has 1 aliphatic rings. The average Bonchev–Trinajstić information content (AvgIpc) is 2.68. The van der Waals surface area contributed by atoms with Crippen molar-refractivity contribution in [2.75, 3.05) is 43.9 Å². The van der Waals surface area contributed by atoms with Gasteiger partial charge >= 0.3 is 0 Å². The van der Waals surface area contributed by atoms with Gasteiger partial charge in [0.15, 0.2) is 0 Å². The highest BCUT2D eigenvalue weighted by Gasteiger charge is 2.15. The molecule has 5 nitrogen and oxygen atoms in total. The molecule has 7 heteroatoms. The van der Waals surface area contributed by atoms with Crippen molar-refractivity contribution in [3.05, 3.63) is 58.7 Å². The summed E-state index contributed by atoms with van der Waals surface area (Å²) in [5.74, 6) is 2.25. The van der Waals surface area contributed by atoms with E-state index < -0.39 is 0 Å². The van der Waals surface area contributed by atoms with Gasteiger partial charge in [-0.3, -0.25) is 4.79 Å². The number of aromatic nitrogens is 1. The standard InChI is InChI=1S/C20H25ClN4OS/c1-24-7-9-25(10-8-24)19-6-5-17(12-22-19)13-23-20(26)15-27-14-16-3-2-4-18(21)11-16/h2-6,11-12H,7-10,13-15H2,1H3,(H,23,26). The number of benzene rings is 1. The van der Waals surface area contributed by atoms with Gasteiger partial charge in [0.1, 0.15) is 5.82 Å².